The van der Waals surface area contributed by atoms with Crippen LogP contribution in [-0.4, -0.2) is 13.2 Å². The molecule has 0 aromatic carbocycles. The number of hydrogen-bond donors (Lipinski definition) is 0. The minimum Gasteiger partial charge on any atom is -1.00 e. The molecule has 1 aliphatic rings. The van der Waals surface area contributed by atoms with Gasteiger partial charge in [0.05, 0.1) is 0 Å². The van der Waals surface area contributed by atoms with E-state index in [0.29, 0.717) is 0 Å². The van der Waals surface area contributed by atoms with Gasteiger partial charge in [-0.1, -0.05) is 0 Å². The van der Waals surface area contributed by atoms with Gasteiger partial charge in [-0.15, -0.1) is 0 Å². The molecule has 0 amide bonds. The third-order valence-corrected chi connectivity index (χ3v) is 0.827. The van der Waals surface area contributed by atoms with Gasteiger partial charge in [0.1, 0.15) is 0 Å². The summed E-state index contributed by atoms with van der Waals surface area (Å²) in [5.41, 5.74) is 0. The molecule has 3 heteroatoms. The summed E-state index contributed by atoms with van der Waals surface area (Å²) in [5.74, 6) is 0. The minimum atomic E-state index is 0. The zero-order valence-corrected chi connectivity index (χ0v) is 11.5. The second-order valence-corrected chi connectivity index (χ2v) is 1.90. The molecule has 1 nitrogen and oxygen atoms in total. The Kier molecular flexibility index (Phi) is 28.6. The molecule has 0 atom stereocenters. The van der Waals surface area contributed by atoms with Crippen molar-refractivity contribution in [1.29, 1.82) is 0 Å². The maximum atomic E-state index is 4.94. The van der Waals surface area contributed by atoms with Crippen molar-refractivity contribution in [2.24, 2.45) is 0 Å². The molecule has 0 unspecified atom stereocenters. The van der Waals surface area contributed by atoms with Crippen molar-refractivity contribution in [1.82, 2.24) is 0 Å². The second-order valence-electron chi connectivity index (χ2n) is 1.90. The van der Waals surface area contributed by atoms with E-state index in [4.69, 9.17) is 4.74 Å². The maximum absolute atomic E-state index is 4.94. The first kappa shape index (κ1) is 17.2. The molecule has 1 saturated heterocycles. The molecule has 1 rings (SSSR count). The van der Waals surface area contributed by atoms with Crippen LogP contribution in [0, 0.1) is 6.42 Å². The van der Waals surface area contributed by atoms with Gasteiger partial charge in [-0.3, -0.25) is 0 Å². The summed E-state index contributed by atoms with van der Waals surface area (Å²) in [4.78, 5) is 0. The van der Waals surface area contributed by atoms with E-state index in [0.717, 1.165) is 13.2 Å². The molecule has 1 fully saturated rings. The van der Waals surface area contributed by atoms with Gasteiger partial charge in [0.2, 0.25) is 0 Å². The molecule has 0 radical (unpaired) electrons. The van der Waals surface area contributed by atoms with Gasteiger partial charge >= 0.3 is 19.5 Å². The SMILES string of the molecule is C1CCOC1.C[CH-]C.[Br-].[Zn+2]. The van der Waals surface area contributed by atoms with Crippen molar-refractivity contribution in [2.45, 2.75) is 26.7 Å². The summed E-state index contributed by atoms with van der Waals surface area (Å²) in [6.45, 7) is 6.00. The van der Waals surface area contributed by atoms with Crippen molar-refractivity contribution in [2.75, 3.05) is 13.2 Å². The molecular weight excluding hydrogens is 245 g/mol. The Bertz CT molecular complexity index is 33.0. The summed E-state index contributed by atoms with van der Waals surface area (Å²) < 4.78 is 4.94. The van der Waals surface area contributed by atoms with Crippen LogP contribution < -0.4 is 17.0 Å². The molecule has 0 N–H and O–H groups in total. The molecular formula is C7H15BrOZn. The average molecular weight is 260 g/mol. The first-order valence-electron chi connectivity index (χ1n) is 3.23. The van der Waals surface area contributed by atoms with Gasteiger partial charge in [-0.2, -0.15) is 13.8 Å². The van der Waals surface area contributed by atoms with Crippen molar-refractivity contribution < 1.29 is 41.2 Å². The zero-order valence-electron chi connectivity index (χ0n) is 6.90. The first-order chi connectivity index (χ1) is 3.91. The molecule has 0 aromatic rings. The van der Waals surface area contributed by atoms with E-state index in [1.165, 1.54) is 12.8 Å². The number of halogens is 1. The Morgan fingerprint density at radius 1 is 1.10 bits per heavy atom. The molecule has 0 aromatic heterocycles. The van der Waals surface area contributed by atoms with Crippen molar-refractivity contribution in [3.8, 4) is 0 Å². The predicted octanol–water partition coefficient (Wildman–Crippen LogP) is -0.971. The molecule has 58 valence electrons. The Labute approximate surface area is 87.4 Å². The van der Waals surface area contributed by atoms with E-state index in [2.05, 4.69) is 0 Å². The second kappa shape index (κ2) is 16.6. The standard InChI is InChI=1S/C4H8O.C3H7.BrH.Zn/c1-2-4-5-3-1;1-3-2;;/h1-4H2;3H,1-2H3;1H;/q;-1;;+2/p-1. The van der Waals surface area contributed by atoms with Gasteiger partial charge in [0.25, 0.3) is 0 Å². The van der Waals surface area contributed by atoms with Gasteiger partial charge in [0, 0.05) is 13.2 Å². The maximum Gasteiger partial charge on any atom is 2.00 e. The molecule has 0 aliphatic carbocycles. The summed E-state index contributed by atoms with van der Waals surface area (Å²) in [6, 6.07) is 0. The monoisotopic (exact) mass is 258 g/mol. The quantitative estimate of drug-likeness (QED) is 0.402. The Balaban J connectivity index is -0.0000000900. The fraction of sp³-hybridized carbons (Fsp3) is 0.857. The molecule has 1 aliphatic heterocycles. The van der Waals surface area contributed by atoms with E-state index in [9.17, 15) is 0 Å². The van der Waals surface area contributed by atoms with Crippen LogP contribution in [0.1, 0.15) is 26.7 Å². The van der Waals surface area contributed by atoms with Gasteiger partial charge in [0.15, 0.2) is 0 Å². The number of rotatable bonds is 0. The first-order valence-corrected chi connectivity index (χ1v) is 3.23. The van der Waals surface area contributed by atoms with E-state index < -0.39 is 0 Å². The van der Waals surface area contributed by atoms with Crippen LogP contribution in [0.25, 0.3) is 0 Å². The fourth-order valence-corrected chi connectivity index (χ4v) is 0.510. The fourth-order valence-electron chi connectivity index (χ4n) is 0.510. The number of hydrogen-bond acceptors (Lipinski definition) is 1. The van der Waals surface area contributed by atoms with E-state index in [1.807, 2.05) is 20.3 Å². The molecule has 10 heavy (non-hydrogen) atoms. The largest absolute Gasteiger partial charge is 2.00 e. The molecule has 0 spiro atoms. The van der Waals surface area contributed by atoms with Crippen molar-refractivity contribution in [3.05, 3.63) is 6.42 Å². The predicted molar refractivity (Wildman–Crippen MR) is 35.7 cm³/mol. The summed E-state index contributed by atoms with van der Waals surface area (Å²) >= 11 is 0. The van der Waals surface area contributed by atoms with Crippen LogP contribution in [0.15, 0.2) is 0 Å². The van der Waals surface area contributed by atoms with Crippen LogP contribution >= 0.6 is 0 Å². The summed E-state index contributed by atoms with van der Waals surface area (Å²) in [7, 11) is 0. The van der Waals surface area contributed by atoms with E-state index in [-0.39, 0.29) is 36.5 Å². The molecule has 1 heterocycles. The summed E-state index contributed by atoms with van der Waals surface area (Å²) in [5, 5.41) is 0. The van der Waals surface area contributed by atoms with Crippen LogP contribution in [0.2, 0.25) is 0 Å². The van der Waals surface area contributed by atoms with Crippen LogP contribution in [0.5, 0.6) is 0 Å². The number of ether oxygens (including phenoxy) is 1. The summed E-state index contributed by atoms with van der Waals surface area (Å²) in [6.07, 6.45) is 4.56. The third kappa shape index (κ3) is 16.0. The third-order valence-electron chi connectivity index (χ3n) is 0.827. The normalized spacial score (nSPS) is 13.8. The van der Waals surface area contributed by atoms with Crippen LogP contribution in [0.3, 0.4) is 0 Å². The smallest absolute Gasteiger partial charge is 1.00 e. The molecule has 0 saturated carbocycles. The Hall–Kier alpha value is 1.06. The Morgan fingerprint density at radius 2 is 1.40 bits per heavy atom. The van der Waals surface area contributed by atoms with E-state index >= 15 is 0 Å². The van der Waals surface area contributed by atoms with Crippen molar-refractivity contribution in [3.63, 3.8) is 0 Å². The van der Waals surface area contributed by atoms with Crippen LogP contribution in [-0.2, 0) is 24.2 Å². The van der Waals surface area contributed by atoms with Crippen LogP contribution in [0.4, 0.5) is 0 Å². The zero-order chi connectivity index (χ0) is 6.24. The average Bonchev–Trinajstić information content (AvgIpc) is 2.17. The Morgan fingerprint density at radius 3 is 1.50 bits per heavy atom. The van der Waals surface area contributed by atoms with Gasteiger partial charge < -0.3 is 28.1 Å². The van der Waals surface area contributed by atoms with Crippen molar-refractivity contribution >= 4 is 0 Å². The van der Waals surface area contributed by atoms with E-state index in [1.54, 1.807) is 0 Å². The minimum absolute atomic E-state index is 0. The molecule has 0 bridgehead atoms. The van der Waals surface area contributed by atoms with Gasteiger partial charge in [-0.25, -0.2) is 0 Å². The topological polar surface area (TPSA) is 9.23 Å². The van der Waals surface area contributed by atoms with Gasteiger partial charge in [-0.05, 0) is 12.8 Å².